The van der Waals surface area contributed by atoms with E-state index >= 15 is 0 Å². The third-order valence-electron chi connectivity index (χ3n) is 4.95. The van der Waals surface area contributed by atoms with E-state index in [1.165, 1.54) is 10.8 Å². The van der Waals surface area contributed by atoms with E-state index in [1.807, 2.05) is 30.3 Å². The van der Waals surface area contributed by atoms with E-state index in [1.54, 1.807) is 0 Å². The quantitative estimate of drug-likeness (QED) is 0.661. The first-order chi connectivity index (χ1) is 12.8. The average molecular weight is 341 g/mol. The number of benzene rings is 2. The third kappa shape index (κ3) is 3.56. The topological polar surface area (TPSA) is 19.4 Å². The second-order valence-corrected chi connectivity index (χ2v) is 6.59. The van der Waals surface area contributed by atoms with Gasteiger partial charge in [0.05, 0.1) is 0 Å². The smallest absolute Gasteiger partial charge is 0.138 e. The maximum Gasteiger partial charge on any atom is 0.138 e. The molecule has 0 N–H and O–H groups in total. The van der Waals surface area contributed by atoms with Gasteiger partial charge in [0.2, 0.25) is 0 Å². The van der Waals surface area contributed by atoms with E-state index in [2.05, 4.69) is 58.9 Å². The summed E-state index contributed by atoms with van der Waals surface area (Å²) in [7, 11) is 0. The molecule has 2 aromatic carbocycles. The molecule has 1 aliphatic heterocycles. The van der Waals surface area contributed by atoms with Gasteiger partial charge in [-0.25, -0.2) is 4.98 Å². The predicted octanol–water partition coefficient (Wildman–Crippen LogP) is 3.78. The average Bonchev–Trinajstić information content (AvgIpc) is 2.72. The standard InChI is InChI=1S/C23H23N3/c1-2-25-14-16-26(17-15-25)23-22-11-7-6-10-20(22)18-21(24-23)13-12-19-8-4-3-5-9-19/h3-11,18H,2,14-17H2,1H3. The molecule has 3 nitrogen and oxygen atoms in total. The Kier molecular flexibility index (Phi) is 4.86. The van der Waals surface area contributed by atoms with Crippen molar-refractivity contribution in [1.82, 2.24) is 9.88 Å². The van der Waals surface area contributed by atoms with Gasteiger partial charge in [0.1, 0.15) is 11.5 Å². The Labute approximate surface area is 155 Å². The van der Waals surface area contributed by atoms with E-state index in [0.717, 1.165) is 49.8 Å². The monoisotopic (exact) mass is 341 g/mol. The van der Waals surface area contributed by atoms with E-state index in [0.29, 0.717) is 0 Å². The van der Waals surface area contributed by atoms with Crippen LogP contribution in [0, 0.1) is 11.8 Å². The minimum atomic E-state index is 0.834. The highest BCUT2D eigenvalue weighted by Crippen LogP contribution is 2.26. The summed E-state index contributed by atoms with van der Waals surface area (Å²) in [4.78, 5) is 9.81. The van der Waals surface area contributed by atoms with Crippen molar-refractivity contribution in [3.8, 4) is 11.8 Å². The van der Waals surface area contributed by atoms with Crippen LogP contribution in [-0.2, 0) is 0 Å². The maximum atomic E-state index is 4.92. The van der Waals surface area contributed by atoms with Gasteiger partial charge in [0, 0.05) is 37.1 Å². The van der Waals surface area contributed by atoms with Crippen LogP contribution in [-0.4, -0.2) is 42.6 Å². The van der Waals surface area contributed by atoms with E-state index in [9.17, 15) is 0 Å². The van der Waals surface area contributed by atoms with Crippen molar-refractivity contribution in [2.75, 3.05) is 37.6 Å². The first-order valence-corrected chi connectivity index (χ1v) is 9.27. The normalized spacial score (nSPS) is 14.9. The first-order valence-electron chi connectivity index (χ1n) is 9.27. The zero-order valence-electron chi connectivity index (χ0n) is 15.2. The highest BCUT2D eigenvalue weighted by molar-refractivity contribution is 5.93. The summed E-state index contributed by atoms with van der Waals surface area (Å²) in [6.07, 6.45) is 0. The van der Waals surface area contributed by atoms with Gasteiger partial charge in [-0.05, 0) is 36.1 Å². The SMILES string of the molecule is CCN1CCN(c2nc(C#Cc3ccccc3)cc3ccccc23)CC1. The molecule has 0 unspecified atom stereocenters. The van der Waals surface area contributed by atoms with Crippen molar-refractivity contribution in [1.29, 1.82) is 0 Å². The lowest BCUT2D eigenvalue weighted by Crippen LogP contribution is -2.46. The van der Waals surface area contributed by atoms with Gasteiger partial charge in [-0.2, -0.15) is 0 Å². The van der Waals surface area contributed by atoms with Crippen LogP contribution >= 0.6 is 0 Å². The molecule has 3 heteroatoms. The number of piperazine rings is 1. The zero-order chi connectivity index (χ0) is 17.8. The summed E-state index contributed by atoms with van der Waals surface area (Å²) in [5.41, 5.74) is 1.85. The van der Waals surface area contributed by atoms with Crippen LogP contribution < -0.4 is 4.90 Å². The number of hydrogen-bond donors (Lipinski definition) is 0. The van der Waals surface area contributed by atoms with Crippen LogP contribution in [0.3, 0.4) is 0 Å². The molecule has 1 aromatic heterocycles. The fourth-order valence-electron chi connectivity index (χ4n) is 3.42. The number of nitrogens with zero attached hydrogens (tertiary/aromatic N) is 3. The first kappa shape index (κ1) is 16.6. The van der Waals surface area contributed by atoms with Crippen LogP contribution in [0.1, 0.15) is 18.2 Å². The van der Waals surface area contributed by atoms with Gasteiger partial charge in [-0.1, -0.05) is 55.3 Å². The molecule has 3 aromatic rings. The second kappa shape index (κ2) is 7.59. The number of anilines is 1. The van der Waals surface area contributed by atoms with E-state index in [-0.39, 0.29) is 0 Å². The lowest BCUT2D eigenvalue weighted by atomic mass is 10.1. The van der Waals surface area contributed by atoms with Crippen molar-refractivity contribution in [3.63, 3.8) is 0 Å². The lowest BCUT2D eigenvalue weighted by molar-refractivity contribution is 0.271. The van der Waals surface area contributed by atoms with Crippen LogP contribution in [0.2, 0.25) is 0 Å². The second-order valence-electron chi connectivity index (χ2n) is 6.59. The van der Waals surface area contributed by atoms with Gasteiger partial charge in [-0.15, -0.1) is 0 Å². The molecule has 2 heterocycles. The molecule has 26 heavy (non-hydrogen) atoms. The van der Waals surface area contributed by atoms with Crippen molar-refractivity contribution in [3.05, 3.63) is 71.9 Å². The summed E-state index contributed by atoms with van der Waals surface area (Å²) < 4.78 is 0. The van der Waals surface area contributed by atoms with Crippen LogP contribution in [0.25, 0.3) is 10.8 Å². The molecule has 0 saturated carbocycles. The Bertz CT molecular complexity index is 945. The number of fused-ring (bicyclic) bond motifs is 1. The molecule has 130 valence electrons. The van der Waals surface area contributed by atoms with Crippen LogP contribution in [0.15, 0.2) is 60.7 Å². The Balaban J connectivity index is 1.71. The van der Waals surface area contributed by atoms with E-state index in [4.69, 9.17) is 4.98 Å². The molecule has 0 bridgehead atoms. The Hall–Kier alpha value is -2.83. The molecule has 0 atom stereocenters. The molecule has 0 radical (unpaired) electrons. The van der Waals surface area contributed by atoms with Gasteiger partial charge in [-0.3, -0.25) is 0 Å². The molecule has 0 amide bonds. The summed E-state index contributed by atoms with van der Waals surface area (Å²) in [6.45, 7) is 7.55. The number of aromatic nitrogens is 1. The Morgan fingerprint density at radius 2 is 1.62 bits per heavy atom. The summed E-state index contributed by atoms with van der Waals surface area (Å²) >= 11 is 0. The lowest BCUT2D eigenvalue weighted by Gasteiger charge is -2.35. The Morgan fingerprint density at radius 3 is 2.38 bits per heavy atom. The molecule has 1 aliphatic rings. The summed E-state index contributed by atoms with van der Waals surface area (Å²) in [5.74, 6) is 7.55. The fourth-order valence-corrected chi connectivity index (χ4v) is 3.42. The number of hydrogen-bond acceptors (Lipinski definition) is 3. The highest BCUT2D eigenvalue weighted by Gasteiger charge is 2.19. The van der Waals surface area contributed by atoms with Gasteiger partial charge in [0.25, 0.3) is 0 Å². The largest absolute Gasteiger partial charge is 0.353 e. The fraction of sp³-hybridized carbons (Fsp3) is 0.261. The third-order valence-corrected chi connectivity index (χ3v) is 4.95. The number of pyridine rings is 1. The van der Waals surface area contributed by atoms with Gasteiger partial charge >= 0.3 is 0 Å². The minimum absolute atomic E-state index is 0.834. The highest BCUT2D eigenvalue weighted by atomic mass is 15.3. The molecular weight excluding hydrogens is 318 g/mol. The maximum absolute atomic E-state index is 4.92. The Morgan fingerprint density at radius 1 is 0.885 bits per heavy atom. The summed E-state index contributed by atoms with van der Waals surface area (Å²) in [6, 6.07) is 20.7. The predicted molar refractivity (Wildman–Crippen MR) is 108 cm³/mol. The van der Waals surface area contributed by atoms with Crippen molar-refractivity contribution < 1.29 is 0 Å². The van der Waals surface area contributed by atoms with Crippen LogP contribution in [0.5, 0.6) is 0 Å². The molecular formula is C23H23N3. The number of likely N-dealkylation sites (N-methyl/N-ethyl adjacent to an activating group) is 1. The van der Waals surface area contributed by atoms with Gasteiger partial charge in [0.15, 0.2) is 0 Å². The molecule has 1 saturated heterocycles. The van der Waals surface area contributed by atoms with Crippen molar-refractivity contribution in [2.24, 2.45) is 0 Å². The molecule has 0 spiro atoms. The summed E-state index contributed by atoms with van der Waals surface area (Å²) in [5, 5.41) is 2.41. The van der Waals surface area contributed by atoms with Crippen molar-refractivity contribution >= 4 is 16.6 Å². The van der Waals surface area contributed by atoms with E-state index < -0.39 is 0 Å². The van der Waals surface area contributed by atoms with Crippen molar-refractivity contribution in [2.45, 2.75) is 6.92 Å². The molecule has 1 fully saturated rings. The zero-order valence-corrected chi connectivity index (χ0v) is 15.2. The number of rotatable bonds is 2. The molecule has 0 aliphatic carbocycles. The molecule has 4 rings (SSSR count). The van der Waals surface area contributed by atoms with Gasteiger partial charge < -0.3 is 9.80 Å². The van der Waals surface area contributed by atoms with Crippen LogP contribution in [0.4, 0.5) is 5.82 Å². The minimum Gasteiger partial charge on any atom is -0.353 e.